The number of carbonyl (C=O) groups is 2. The molecule has 0 unspecified atom stereocenters. The van der Waals surface area contributed by atoms with Crippen molar-refractivity contribution in [1.82, 2.24) is 20.1 Å². The first-order chi connectivity index (χ1) is 14.5. The second-order valence-corrected chi connectivity index (χ2v) is 7.82. The number of carbonyl (C=O) groups excluding carboxylic acids is 2. The summed E-state index contributed by atoms with van der Waals surface area (Å²) in [4.78, 5) is 24.5. The molecule has 0 fully saturated rings. The number of para-hydroxylation sites is 1. The third kappa shape index (κ3) is 5.29. The molecule has 2 amide bonds. The zero-order chi connectivity index (χ0) is 21.5. The quantitative estimate of drug-likeness (QED) is 0.505. The third-order valence-electron chi connectivity index (χ3n) is 4.45. The Labute approximate surface area is 179 Å². The van der Waals surface area contributed by atoms with Crippen molar-refractivity contribution in [3.8, 4) is 0 Å². The Morgan fingerprint density at radius 3 is 2.67 bits per heavy atom. The molecule has 3 rings (SSSR count). The van der Waals surface area contributed by atoms with E-state index in [1.54, 1.807) is 12.1 Å². The molecule has 8 nitrogen and oxygen atoms in total. The van der Waals surface area contributed by atoms with Crippen LogP contribution in [0.2, 0.25) is 0 Å². The molecule has 0 saturated heterocycles. The molecule has 0 aliphatic carbocycles. The van der Waals surface area contributed by atoms with Crippen LogP contribution < -0.4 is 10.6 Å². The zero-order valence-electron chi connectivity index (χ0n) is 17.2. The van der Waals surface area contributed by atoms with Crippen molar-refractivity contribution in [1.29, 1.82) is 0 Å². The van der Waals surface area contributed by atoms with Gasteiger partial charge in [-0.2, -0.15) is 0 Å². The number of anilines is 1. The molecule has 0 radical (unpaired) electrons. The van der Waals surface area contributed by atoms with Crippen molar-refractivity contribution in [2.75, 3.05) is 11.1 Å². The summed E-state index contributed by atoms with van der Waals surface area (Å²) in [6.07, 6.45) is 1.45. The molecule has 0 bridgehead atoms. The van der Waals surface area contributed by atoms with Crippen LogP contribution in [0.5, 0.6) is 0 Å². The Morgan fingerprint density at radius 2 is 1.97 bits per heavy atom. The summed E-state index contributed by atoms with van der Waals surface area (Å²) in [5.41, 5.74) is 1.93. The van der Waals surface area contributed by atoms with Crippen LogP contribution in [-0.4, -0.2) is 32.3 Å². The highest BCUT2D eigenvalue weighted by molar-refractivity contribution is 7.99. The van der Waals surface area contributed by atoms with Crippen molar-refractivity contribution < 1.29 is 14.0 Å². The second-order valence-electron chi connectivity index (χ2n) is 6.88. The molecule has 3 aromatic rings. The lowest BCUT2D eigenvalue weighted by molar-refractivity contribution is -0.113. The fraction of sp³-hybridized carbons (Fsp3) is 0.333. The summed E-state index contributed by atoms with van der Waals surface area (Å²) in [5, 5.41) is 14.7. The van der Waals surface area contributed by atoms with E-state index in [1.807, 2.05) is 35.8 Å². The van der Waals surface area contributed by atoms with Crippen molar-refractivity contribution in [2.24, 2.45) is 0 Å². The molecule has 0 aliphatic rings. The third-order valence-corrected chi connectivity index (χ3v) is 5.42. The monoisotopic (exact) mass is 427 g/mol. The number of nitrogens with zero attached hydrogens (tertiary/aromatic N) is 3. The summed E-state index contributed by atoms with van der Waals surface area (Å²) in [6.45, 7) is 6.99. The van der Waals surface area contributed by atoms with Crippen LogP contribution in [0.1, 0.15) is 48.6 Å². The van der Waals surface area contributed by atoms with E-state index in [-0.39, 0.29) is 29.9 Å². The van der Waals surface area contributed by atoms with Gasteiger partial charge in [0.1, 0.15) is 0 Å². The number of aromatic nitrogens is 3. The number of nitrogens with one attached hydrogen (secondary N) is 2. The van der Waals surface area contributed by atoms with Gasteiger partial charge in [0.25, 0.3) is 5.91 Å². The van der Waals surface area contributed by atoms with Gasteiger partial charge < -0.3 is 19.6 Å². The molecule has 30 heavy (non-hydrogen) atoms. The van der Waals surface area contributed by atoms with Crippen LogP contribution in [0, 0.1) is 0 Å². The maximum Gasteiger partial charge on any atom is 0.287 e. The van der Waals surface area contributed by atoms with Crippen LogP contribution in [-0.2, 0) is 17.9 Å². The Morgan fingerprint density at radius 1 is 1.17 bits per heavy atom. The lowest BCUT2D eigenvalue weighted by Gasteiger charge is -2.13. The summed E-state index contributed by atoms with van der Waals surface area (Å²) in [7, 11) is 0. The Bertz CT molecular complexity index is 998. The summed E-state index contributed by atoms with van der Waals surface area (Å²) in [5.74, 6) is 0.963. The number of hydrogen-bond donors (Lipinski definition) is 2. The first-order valence-electron chi connectivity index (χ1n) is 9.75. The largest absolute Gasteiger partial charge is 0.459 e. The van der Waals surface area contributed by atoms with Crippen molar-refractivity contribution >= 4 is 29.3 Å². The molecule has 0 spiro atoms. The highest BCUT2D eigenvalue weighted by Crippen LogP contribution is 2.24. The molecule has 2 N–H and O–H groups in total. The van der Waals surface area contributed by atoms with E-state index < -0.39 is 0 Å². The molecule has 2 heterocycles. The minimum absolute atomic E-state index is 0.105. The van der Waals surface area contributed by atoms with E-state index in [2.05, 4.69) is 34.7 Å². The van der Waals surface area contributed by atoms with Crippen LogP contribution in [0.4, 0.5) is 5.69 Å². The molecule has 0 atom stereocenters. The fourth-order valence-corrected chi connectivity index (χ4v) is 3.78. The fourth-order valence-electron chi connectivity index (χ4n) is 2.96. The second kappa shape index (κ2) is 10.1. The Balaban J connectivity index is 1.58. The van der Waals surface area contributed by atoms with Crippen LogP contribution >= 0.6 is 11.8 Å². The average Bonchev–Trinajstić information content (AvgIpc) is 3.40. The minimum atomic E-state index is -0.317. The predicted octanol–water partition coefficient (Wildman–Crippen LogP) is 3.68. The van der Waals surface area contributed by atoms with Crippen molar-refractivity contribution in [2.45, 2.75) is 44.9 Å². The molecule has 9 heteroatoms. The summed E-state index contributed by atoms with van der Waals surface area (Å²) < 4.78 is 6.96. The van der Waals surface area contributed by atoms with Gasteiger partial charge in [0.05, 0.1) is 18.6 Å². The highest BCUT2D eigenvalue weighted by Gasteiger charge is 2.16. The lowest BCUT2D eigenvalue weighted by Crippen LogP contribution is -2.24. The van der Waals surface area contributed by atoms with Crippen LogP contribution in [0.3, 0.4) is 0 Å². The Kier molecular flexibility index (Phi) is 7.29. The molecule has 1 aromatic carbocycles. The van der Waals surface area contributed by atoms with Crippen molar-refractivity contribution in [3.05, 3.63) is 59.8 Å². The molecule has 0 aliphatic heterocycles. The first-order valence-corrected chi connectivity index (χ1v) is 10.7. The maximum absolute atomic E-state index is 12.5. The highest BCUT2D eigenvalue weighted by atomic mass is 32.2. The number of furan rings is 1. The minimum Gasteiger partial charge on any atom is -0.459 e. The van der Waals surface area contributed by atoms with E-state index in [1.165, 1.54) is 18.0 Å². The molecule has 2 aromatic heterocycles. The number of benzene rings is 1. The topological polar surface area (TPSA) is 102 Å². The van der Waals surface area contributed by atoms with Gasteiger partial charge in [0.2, 0.25) is 5.91 Å². The van der Waals surface area contributed by atoms with E-state index in [0.717, 1.165) is 11.3 Å². The predicted molar refractivity (Wildman–Crippen MR) is 115 cm³/mol. The van der Waals surface area contributed by atoms with Crippen LogP contribution in [0.15, 0.2) is 52.2 Å². The van der Waals surface area contributed by atoms with Gasteiger partial charge in [0.15, 0.2) is 16.7 Å². The molecular weight excluding hydrogens is 402 g/mol. The maximum atomic E-state index is 12.5. The normalized spacial score (nSPS) is 10.9. The first kappa shape index (κ1) is 21.6. The SMILES string of the molecule is CCn1c(CNC(=O)c2ccco2)nnc1SCC(=O)Nc1ccccc1C(C)C. The van der Waals surface area contributed by atoms with Gasteiger partial charge in [-0.1, -0.05) is 43.8 Å². The van der Waals surface area contributed by atoms with E-state index in [0.29, 0.717) is 23.4 Å². The van der Waals surface area contributed by atoms with E-state index in [4.69, 9.17) is 4.42 Å². The zero-order valence-corrected chi connectivity index (χ0v) is 18.0. The molecule has 158 valence electrons. The van der Waals surface area contributed by atoms with E-state index in [9.17, 15) is 9.59 Å². The van der Waals surface area contributed by atoms with Crippen LogP contribution in [0.25, 0.3) is 0 Å². The van der Waals surface area contributed by atoms with Gasteiger partial charge >= 0.3 is 0 Å². The number of rotatable bonds is 9. The van der Waals surface area contributed by atoms with Gasteiger partial charge in [-0.15, -0.1) is 10.2 Å². The van der Waals surface area contributed by atoms with Gasteiger partial charge in [0, 0.05) is 12.2 Å². The number of hydrogen-bond acceptors (Lipinski definition) is 6. The number of amides is 2. The smallest absolute Gasteiger partial charge is 0.287 e. The standard InChI is InChI=1S/C21H25N5O3S/c1-4-26-18(12-22-20(28)17-10-7-11-29-17)24-25-21(26)30-13-19(27)23-16-9-6-5-8-15(16)14(2)3/h5-11,14H,4,12-13H2,1-3H3,(H,22,28)(H,23,27). The summed E-state index contributed by atoms with van der Waals surface area (Å²) >= 11 is 1.31. The molecule has 0 saturated carbocycles. The van der Waals surface area contributed by atoms with Crippen molar-refractivity contribution in [3.63, 3.8) is 0 Å². The lowest BCUT2D eigenvalue weighted by atomic mass is 10.0. The summed E-state index contributed by atoms with van der Waals surface area (Å²) in [6, 6.07) is 11.1. The average molecular weight is 428 g/mol. The van der Waals surface area contributed by atoms with Gasteiger partial charge in [-0.25, -0.2) is 0 Å². The van der Waals surface area contributed by atoms with Gasteiger partial charge in [-0.3, -0.25) is 9.59 Å². The molecular formula is C21H25N5O3S. The van der Waals surface area contributed by atoms with Gasteiger partial charge in [-0.05, 0) is 36.6 Å². The Hall–Kier alpha value is -3.07. The van der Waals surface area contributed by atoms with E-state index >= 15 is 0 Å². The number of thioether (sulfide) groups is 1.